The van der Waals surface area contributed by atoms with Crippen molar-refractivity contribution in [1.29, 1.82) is 0 Å². The summed E-state index contributed by atoms with van der Waals surface area (Å²) < 4.78 is 11.4. The predicted molar refractivity (Wildman–Crippen MR) is 71.9 cm³/mol. The van der Waals surface area contributed by atoms with E-state index in [2.05, 4.69) is 10.3 Å². The average molecular weight is 275 g/mol. The van der Waals surface area contributed by atoms with Gasteiger partial charge in [-0.2, -0.15) is 0 Å². The number of benzene rings is 1. The molecule has 0 amide bonds. The van der Waals surface area contributed by atoms with Crippen LogP contribution in [0, 0.1) is 0 Å². The number of methoxy groups -OCH3 is 2. The van der Waals surface area contributed by atoms with Crippen molar-refractivity contribution >= 4 is 5.97 Å². The van der Waals surface area contributed by atoms with Gasteiger partial charge in [-0.1, -0.05) is 35.5 Å². The molecule has 0 aliphatic carbocycles. The fraction of sp³-hybridized carbons (Fsp3) is 0.357. The van der Waals surface area contributed by atoms with Crippen molar-refractivity contribution in [2.75, 3.05) is 14.2 Å². The minimum absolute atomic E-state index is 0.345. The van der Waals surface area contributed by atoms with Crippen LogP contribution in [0.15, 0.2) is 36.5 Å². The topological polar surface area (TPSA) is 66.2 Å². The van der Waals surface area contributed by atoms with Crippen LogP contribution in [0.3, 0.4) is 0 Å². The summed E-state index contributed by atoms with van der Waals surface area (Å²) in [4.78, 5) is 11.9. The predicted octanol–water partition coefficient (Wildman–Crippen LogP) is 1.38. The van der Waals surface area contributed by atoms with Crippen LogP contribution >= 0.6 is 0 Å². The summed E-state index contributed by atoms with van der Waals surface area (Å²) in [6.07, 6.45) is 2.21. The number of ether oxygens (including phenoxy) is 2. The lowest BCUT2D eigenvalue weighted by Gasteiger charge is -2.14. The van der Waals surface area contributed by atoms with Gasteiger partial charge in [-0.15, -0.1) is 5.10 Å². The molecule has 0 unspecified atom stereocenters. The lowest BCUT2D eigenvalue weighted by atomic mass is 10.1. The van der Waals surface area contributed by atoms with Gasteiger partial charge in [-0.3, -0.25) is 0 Å². The maximum Gasteiger partial charge on any atom is 0.331 e. The minimum Gasteiger partial charge on any atom is -0.467 e. The second kappa shape index (κ2) is 6.81. The van der Waals surface area contributed by atoms with Gasteiger partial charge in [0.05, 0.1) is 19.9 Å². The fourth-order valence-electron chi connectivity index (χ4n) is 1.94. The summed E-state index contributed by atoms with van der Waals surface area (Å²) in [6, 6.07) is 9.19. The zero-order valence-electron chi connectivity index (χ0n) is 11.5. The lowest BCUT2D eigenvalue weighted by molar-refractivity contribution is -0.144. The molecular weight excluding hydrogens is 258 g/mol. The first kappa shape index (κ1) is 14.2. The Kier molecular flexibility index (Phi) is 4.84. The molecular formula is C14H17N3O3. The van der Waals surface area contributed by atoms with Crippen molar-refractivity contribution in [2.45, 2.75) is 19.1 Å². The van der Waals surface area contributed by atoms with E-state index < -0.39 is 6.04 Å². The Balaban J connectivity index is 2.20. The van der Waals surface area contributed by atoms with Gasteiger partial charge in [-0.05, 0) is 5.56 Å². The first-order valence-corrected chi connectivity index (χ1v) is 6.26. The molecule has 0 aliphatic heterocycles. The summed E-state index contributed by atoms with van der Waals surface area (Å²) in [5, 5.41) is 7.95. The molecule has 1 aromatic carbocycles. The smallest absolute Gasteiger partial charge is 0.331 e. The first-order chi connectivity index (χ1) is 9.74. The van der Waals surface area contributed by atoms with Gasteiger partial charge in [0.15, 0.2) is 6.04 Å². The highest BCUT2D eigenvalue weighted by Crippen LogP contribution is 2.15. The maximum atomic E-state index is 11.9. The Bertz CT molecular complexity index is 554. The summed E-state index contributed by atoms with van der Waals surface area (Å²) >= 11 is 0. The molecule has 0 aliphatic rings. The van der Waals surface area contributed by atoms with Gasteiger partial charge in [0.1, 0.15) is 5.69 Å². The Labute approximate surface area is 117 Å². The molecule has 20 heavy (non-hydrogen) atoms. The highest BCUT2D eigenvalue weighted by atomic mass is 16.5. The van der Waals surface area contributed by atoms with Crippen LogP contribution in [0.2, 0.25) is 0 Å². The van der Waals surface area contributed by atoms with Gasteiger partial charge < -0.3 is 9.47 Å². The Morgan fingerprint density at radius 1 is 1.30 bits per heavy atom. The van der Waals surface area contributed by atoms with E-state index in [0.29, 0.717) is 18.7 Å². The molecule has 0 saturated carbocycles. The normalized spacial score (nSPS) is 12.1. The van der Waals surface area contributed by atoms with E-state index in [1.165, 1.54) is 11.8 Å². The number of hydrogen-bond acceptors (Lipinski definition) is 5. The Morgan fingerprint density at radius 2 is 2.05 bits per heavy atom. The zero-order valence-corrected chi connectivity index (χ0v) is 11.5. The number of rotatable bonds is 6. The molecule has 1 heterocycles. The molecule has 0 saturated heterocycles. The quantitative estimate of drug-likeness (QED) is 0.745. The molecule has 0 bridgehead atoms. The van der Waals surface area contributed by atoms with Gasteiger partial charge >= 0.3 is 5.97 Å². The van der Waals surface area contributed by atoms with Gasteiger partial charge in [0.2, 0.25) is 0 Å². The number of hydrogen-bond donors (Lipinski definition) is 0. The standard InChI is InChI=1S/C14H17N3O3/c1-19-10-12-9-17(16-15-12)13(14(18)20-2)8-11-6-4-3-5-7-11/h3-7,9,13H,8,10H2,1-2H3/t13-/m0/s1. The largest absolute Gasteiger partial charge is 0.467 e. The van der Waals surface area contributed by atoms with Crippen LogP contribution in [-0.2, 0) is 27.3 Å². The monoisotopic (exact) mass is 275 g/mol. The van der Waals surface area contributed by atoms with E-state index in [-0.39, 0.29) is 5.97 Å². The average Bonchev–Trinajstić information content (AvgIpc) is 2.94. The summed E-state index contributed by atoms with van der Waals surface area (Å²) in [7, 11) is 2.95. The van der Waals surface area contributed by atoms with E-state index in [9.17, 15) is 4.79 Å². The number of carbonyl (C=O) groups is 1. The lowest BCUT2D eigenvalue weighted by Crippen LogP contribution is -2.23. The molecule has 2 rings (SSSR count). The van der Waals surface area contributed by atoms with Crippen molar-refractivity contribution in [3.8, 4) is 0 Å². The second-order valence-electron chi connectivity index (χ2n) is 4.35. The van der Waals surface area contributed by atoms with E-state index in [0.717, 1.165) is 5.56 Å². The molecule has 0 radical (unpaired) electrons. The third-order valence-corrected chi connectivity index (χ3v) is 2.91. The maximum absolute atomic E-state index is 11.9. The Morgan fingerprint density at radius 3 is 2.70 bits per heavy atom. The van der Waals surface area contributed by atoms with E-state index in [1.54, 1.807) is 13.3 Å². The number of carbonyl (C=O) groups excluding carboxylic acids is 1. The number of esters is 1. The summed E-state index contributed by atoms with van der Waals surface area (Å²) in [5.41, 5.74) is 1.71. The van der Waals surface area contributed by atoms with Crippen molar-refractivity contribution < 1.29 is 14.3 Å². The van der Waals surface area contributed by atoms with Crippen LogP contribution in [0.25, 0.3) is 0 Å². The van der Waals surface area contributed by atoms with Gasteiger partial charge in [0, 0.05) is 13.5 Å². The minimum atomic E-state index is -0.527. The molecule has 0 N–H and O–H groups in total. The molecule has 0 fully saturated rings. The second-order valence-corrected chi connectivity index (χ2v) is 4.35. The molecule has 106 valence electrons. The van der Waals surface area contributed by atoms with Crippen molar-refractivity contribution in [1.82, 2.24) is 15.0 Å². The molecule has 2 aromatic rings. The fourth-order valence-corrected chi connectivity index (χ4v) is 1.94. The zero-order chi connectivity index (χ0) is 14.4. The highest BCUT2D eigenvalue weighted by Gasteiger charge is 2.23. The van der Waals surface area contributed by atoms with Crippen LogP contribution in [0.5, 0.6) is 0 Å². The van der Waals surface area contributed by atoms with E-state index >= 15 is 0 Å². The first-order valence-electron chi connectivity index (χ1n) is 6.26. The van der Waals surface area contributed by atoms with Crippen LogP contribution in [0.4, 0.5) is 0 Å². The van der Waals surface area contributed by atoms with E-state index in [1.807, 2.05) is 30.3 Å². The molecule has 1 atom stereocenters. The molecule has 6 nitrogen and oxygen atoms in total. The van der Waals surface area contributed by atoms with Crippen LogP contribution in [-0.4, -0.2) is 35.2 Å². The molecule has 0 spiro atoms. The van der Waals surface area contributed by atoms with Gasteiger partial charge in [0.25, 0.3) is 0 Å². The van der Waals surface area contributed by atoms with Crippen molar-refractivity contribution in [3.63, 3.8) is 0 Å². The third kappa shape index (κ3) is 3.42. The summed E-state index contributed by atoms with van der Waals surface area (Å²) in [6.45, 7) is 0.360. The number of aromatic nitrogens is 3. The van der Waals surface area contributed by atoms with Crippen LogP contribution in [0.1, 0.15) is 17.3 Å². The van der Waals surface area contributed by atoms with Gasteiger partial charge in [-0.25, -0.2) is 9.48 Å². The van der Waals surface area contributed by atoms with Crippen molar-refractivity contribution in [2.24, 2.45) is 0 Å². The highest BCUT2D eigenvalue weighted by molar-refractivity contribution is 5.74. The molecule has 1 aromatic heterocycles. The third-order valence-electron chi connectivity index (χ3n) is 2.91. The van der Waals surface area contributed by atoms with Crippen molar-refractivity contribution in [3.05, 3.63) is 47.8 Å². The summed E-state index contributed by atoms with van der Waals surface area (Å²) in [5.74, 6) is -0.345. The van der Waals surface area contributed by atoms with E-state index in [4.69, 9.17) is 9.47 Å². The SMILES string of the molecule is COCc1cn([C@@H](Cc2ccccc2)C(=O)OC)nn1. The van der Waals surface area contributed by atoms with Crippen LogP contribution < -0.4 is 0 Å². The molecule has 6 heteroatoms. The Hall–Kier alpha value is -2.21. The number of nitrogens with zero attached hydrogens (tertiary/aromatic N) is 3.